The molecule has 1 heterocycles. The fourth-order valence-electron chi connectivity index (χ4n) is 1.94. The molecule has 2 fully saturated rings. The van der Waals surface area contributed by atoms with E-state index < -0.39 is 0 Å². The van der Waals surface area contributed by atoms with Crippen LogP contribution in [-0.2, 0) is 9.47 Å². The molecule has 0 bridgehead atoms. The summed E-state index contributed by atoms with van der Waals surface area (Å²) in [6.07, 6.45) is 5.21. The van der Waals surface area contributed by atoms with Gasteiger partial charge in [-0.05, 0) is 44.1 Å². The first-order chi connectivity index (χ1) is 7.45. The maximum Gasteiger partial charge on any atom is 0.0591 e. The average molecular weight is 213 g/mol. The Labute approximate surface area is 92.5 Å². The third-order valence-electron chi connectivity index (χ3n) is 3.25. The molecule has 1 saturated carbocycles. The summed E-state index contributed by atoms with van der Waals surface area (Å²) in [5.41, 5.74) is 0. The average Bonchev–Trinajstić information content (AvgIpc) is 3.09. The Balaban J connectivity index is 1.37. The van der Waals surface area contributed by atoms with Gasteiger partial charge in [-0.3, -0.25) is 0 Å². The first kappa shape index (κ1) is 11.4. The van der Waals surface area contributed by atoms with Gasteiger partial charge in [-0.25, -0.2) is 0 Å². The second kappa shape index (κ2) is 6.46. The van der Waals surface area contributed by atoms with E-state index in [1.54, 1.807) is 0 Å². The highest BCUT2D eigenvalue weighted by Gasteiger charge is 2.20. The minimum Gasteiger partial charge on any atom is -0.381 e. The molecule has 0 radical (unpaired) electrons. The van der Waals surface area contributed by atoms with Crippen LogP contribution in [0.3, 0.4) is 0 Å². The Kier molecular flexibility index (Phi) is 4.90. The van der Waals surface area contributed by atoms with Crippen molar-refractivity contribution in [2.24, 2.45) is 11.8 Å². The summed E-state index contributed by atoms with van der Waals surface area (Å²) in [5.74, 6) is 1.71. The molecule has 3 nitrogen and oxygen atoms in total. The Bertz CT molecular complexity index is 165. The maximum absolute atomic E-state index is 5.56. The molecule has 0 aromatic heterocycles. The highest BCUT2D eigenvalue weighted by Crippen LogP contribution is 2.28. The number of hydrogen-bond donors (Lipinski definition) is 1. The van der Waals surface area contributed by atoms with Gasteiger partial charge in [0.25, 0.3) is 0 Å². The molecule has 0 aromatic rings. The van der Waals surface area contributed by atoms with Gasteiger partial charge in [0.2, 0.25) is 0 Å². The van der Waals surface area contributed by atoms with Crippen LogP contribution in [0.15, 0.2) is 0 Å². The molecule has 1 saturated heterocycles. The van der Waals surface area contributed by atoms with Crippen molar-refractivity contribution in [2.45, 2.75) is 25.7 Å². The fraction of sp³-hybridized carbons (Fsp3) is 1.00. The lowest BCUT2D eigenvalue weighted by Gasteiger charge is -2.22. The van der Waals surface area contributed by atoms with Gasteiger partial charge in [0, 0.05) is 26.4 Å². The number of rotatable bonds is 7. The van der Waals surface area contributed by atoms with E-state index in [-0.39, 0.29) is 0 Å². The Morgan fingerprint density at radius 1 is 1.07 bits per heavy atom. The van der Waals surface area contributed by atoms with E-state index in [0.29, 0.717) is 0 Å². The van der Waals surface area contributed by atoms with Crippen molar-refractivity contribution in [3.05, 3.63) is 0 Å². The van der Waals surface area contributed by atoms with Crippen molar-refractivity contribution in [1.29, 1.82) is 0 Å². The Hall–Kier alpha value is -0.120. The molecule has 1 aliphatic carbocycles. The molecule has 3 heteroatoms. The van der Waals surface area contributed by atoms with Gasteiger partial charge in [0.1, 0.15) is 0 Å². The smallest absolute Gasteiger partial charge is 0.0591 e. The van der Waals surface area contributed by atoms with Crippen molar-refractivity contribution in [3.63, 3.8) is 0 Å². The third-order valence-corrected chi connectivity index (χ3v) is 3.25. The van der Waals surface area contributed by atoms with Gasteiger partial charge in [-0.15, -0.1) is 0 Å². The Morgan fingerprint density at radius 2 is 1.87 bits per heavy atom. The van der Waals surface area contributed by atoms with Crippen molar-refractivity contribution in [1.82, 2.24) is 5.32 Å². The van der Waals surface area contributed by atoms with Crippen LogP contribution in [0.2, 0.25) is 0 Å². The summed E-state index contributed by atoms with van der Waals surface area (Å²) < 4.78 is 10.9. The van der Waals surface area contributed by atoms with Crippen molar-refractivity contribution >= 4 is 0 Å². The molecule has 0 atom stereocenters. The lowest BCUT2D eigenvalue weighted by molar-refractivity contribution is 0.0649. The second-order valence-electron chi connectivity index (χ2n) is 4.78. The molecular weight excluding hydrogens is 190 g/mol. The van der Waals surface area contributed by atoms with E-state index in [1.807, 2.05) is 0 Å². The van der Waals surface area contributed by atoms with Gasteiger partial charge < -0.3 is 14.8 Å². The predicted molar refractivity (Wildman–Crippen MR) is 60.0 cm³/mol. The number of nitrogens with one attached hydrogen (secondary N) is 1. The van der Waals surface area contributed by atoms with E-state index in [9.17, 15) is 0 Å². The zero-order valence-corrected chi connectivity index (χ0v) is 9.54. The van der Waals surface area contributed by atoms with Crippen molar-refractivity contribution in [2.75, 3.05) is 39.5 Å². The third kappa shape index (κ3) is 4.96. The summed E-state index contributed by atoms with van der Waals surface area (Å²) in [6.45, 7) is 5.90. The molecule has 88 valence electrons. The summed E-state index contributed by atoms with van der Waals surface area (Å²) in [4.78, 5) is 0. The molecule has 0 unspecified atom stereocenters. The highest BCUT2D eigenvalue weighted by molar-refractivity contribution is 4.72. The van der Waals surface area contributed by atoms with E-state index in [1.165, 1.54) is 25.7 Å². The van der Waals surface area contributed by atoms with Gasteiger partial charge >= 0.3 is 0 Å². The molecule has 1 N–H and O–H groups in total. The molecular formula is C12H23NO2. The zero-order chi connectivity index (χ0) is 10.3. The second-order valence-corrected chi connectivity index (χ2v) is 4.78. The van der Waals surface area contributed by atoms with Crippen LogP contribution in [0.5, 0.6) is 0 Å². The van der Waals surface area contributed by atoms with Crippen LogP contribution in [0.1, 0.15) is 25.7 Å². The van der Waals surface area contributed by atoms with Crippen molar-refractivity contribution < 1.29 is 9.47 Å². The van der Waals surface area contributed by atoms with Crippen LogP contribution in [0.25, 0.3) is 0 Å². The van der Waals surface area contributed by atoms with E-state index in [0.717, 1.165) is 51.4 Å². The van der Waals surface area contributed by atoms with Crippen LogP contribution in [0, 0.1) is 11.8 Å². The summed E-state index contributed by atoms with van der Waals surface area (Å²) in [5, 5.41) is 3.47. The monoisotopic (exact) mass is 213 g/mol. The van der Waals surface area contributed by atoms with Gasteiger partial charge in [0.05, 0.1) is 6.61 Å². The van der Waals surface area contributed by atoms with Gasteiger partial charge in [-0.1, -0.05) is 0 Å². The van der Waals surface area contributed by atoms with E-state index >= 15 is 0 Å². The molecule has 2 aliphatic rings. The predicted octanol–water partition coefficient (Wildman–Crippen LogP) is 1.43. The van der Waals surface area contributed by atoms with E-state index in [2.05, 4.69) is 5.32 Å². The van der Waals surface area contributed by atoms with Crippen LogP contribution in [-0.4, -0.2) is 39.5 Å². The summed E-state index contributed by atoms with van der Waals surface area (Å²) in [6, 6.07) is 0. The van der Waals surface area contributed by atoms with Crippen LogP contribution >= 0.6 is 0 Å². The fourth-order valence-corrected chi connectivity index (χ4v) is 1.94. The lowest BCUT2D eigenvalue weighted by Crippen LogP contribution is -2.30. The summed E-state index contributed by atoms with van der Waals surface area (Å²) >= 11 is 0. The van der Waals surface area contributed by atoms with Crippen LogP contribution in [0.4, 0.5) is 0 Å². The molecule has 2 rings (SSSR count). The minimum absolute atomic E-state index is 0.821. The largest absolute Gasteiger partial charge is 0.381 e. The molecule has 15 heavy (non-hydrogen) atoms. The quantitative estimate of drug-likeness (QED) is 0.649. The maximum atomic E-state index is 5.56. The van der Waals surface area contributed by atoms with Gasteiger partial charge in [0.15, 0.2) is 0 Å². The topological polar surface area (TPSA) is 30.5 Å². The van der Waals surface area contributed by atoms with Gasteiger partial charge in [-0.2, -0.15) is 0 Å². The number of hydrogen-bond acceptors (Lipinski definition) is 3. The molecule has 0 spiro atoms. The lowest BCUT2D eigenvalue weighted by atomic mass is 10.0. The Morgan fingerprint density at radius 3 is 2.60 bits per heavy atom. The first-order valence-corrected chi connectivity index (χ1v) is 6.31. The standard InChI is InChI=1S/C12H23NO2/c1-2-12(1)10-15-8-5-13-9-11-3-6-14-7-4-11/h11-13H,1-10H2. The minimum atomic E-state index is 0.821. The molecule has 0 aromatic carbocycles. The van der Waals surface area contributed by atoms with E-state index in [4.69, 9.17) is 9.47 Å². The number of ether oxygens (including phenoxy) is 2. The molecule has 0 amide bonds. The highest BCUT2D eigenvalue weighted by atomic mass is 16.5. The zero-order valence-electron chi connectivity index (χ0n) is 9.54. The van der Waals surface area contributed by atoms with Crippen molar-refractivity contribution in [3.8, 4) is 0 Å². The normalized spacial score (nSPS) is 23.2. The first-order valence-electron chi connectivity index (χ1n) is 6.31. The molecule has 1 aliphatic heterocycles. The summed E-state index contributed by atoms with van der Waals surface area (Å²) in [7, 11) is 0. The van der Waals surface area contributed by atoms with Crippen LogP contribution < -0.4 is 5.32 Å². The SMILES string of the molecule is C(COCC1CC1)NCC1CCOCC1.